The number of nitro groups is 1. The van der Waals surface area contributed by atoms with E-state index in [9.17, 15) is 72.8 Å². The topological polar surface area (TPSA) is 350 Å². The first-order valence-corrected chi connectivity index (χ1v) is 38.0. The first-order chi connectivity index (χ1) is 54.7. The molecule has 10 aromatic carbocycles. The fraction of sp³-hybridized carbons (Fsp3) is 0.176. The van der Waals surface area contributed by atoms with Crippen molar-refractivity contribution in [2.45, 2.75) is 103 Å². The number of nitrogens with one attached hydrogen (secondary N) is 10. The smallest absolute Gasteiger partial charge is 0.416 e. The van der Waals surface area contributed by atoms with E-state index in [-0.39, 0.29) is 71.9 Å². The van der Waals surface area contributed by atoms with E-state index >= 15 is 0 Å². The number of para-hydroxylation sites is 1. The third kappa shape index (κ3) is 29.5. The van der Waals surface area contributed by atoms with E-state index in [2.05, 4.69) is 69.1 Å². The van der Waals surface area contributed by atoms with Gasteiger partial charge < -0.3 is 52.1 Å². The van der Waals surface area contributed by atoms with Crippen LogP contribution in [0.1, 0.15) is 135 Å². The number of nitro benzene ring substituents is 1. The number of carbonyl (C=O) groups excluding carboxylic acids is 5. The van der Waals surface area contributed by atoms with Crippen LogP contribution >= 0.6 is 77.0 Å². The van der Waals surface area contributed by atoms with Gasteiger partial charge in [-0.05, 0) is 296 Å². The Kier molecular flexibility index (Phi) is 33.8. The minimum atomic E-state index is -4.56. The molecule has 610 valence electrons. The van der Waals surface area contributed by atoms with E-state index in [1.807, 2.05) is 133 Å². The molecule has 0 aliphatic heterocycles. The van der Waals surface area contributed by atoms with E-state index in [0.29, 0.717) is 50.9 Å². The fourth-order valence-electron chi connectivity index (χ4n) is 11.3. The van der Waals surface area contributed by atoms with E-state index < -0.39 is 45.7 Å². The lowest BCUT2D eigenvalue weighted by Gasteiger charge is -2.16. The number of thiocarbonyl (C=S) groups is 5. The number of benzene rings is 10. The normalized spacial score (nSPS) is 10.4. The van der Waals surface area contributed by atoms with Crippen LogP contribution in [0.2, 0.25) is 0 Å². The zero-order valence-corrected chi connectivity index (χ0v) is 71.4. The standard InChI is InChI=1S/C18H19BrN2O2S.C17H15F3N2O2S.2C17H18N2O2S.C16H15N3O4S/c1-9-5-10(2)7-13(6-9)17(23)21-18(24)20-16-12(4)15(19)11(3)8-14(16)22;1-9-5-10(2)7-11(6-9)15(24)22-16(25)21-13-8-12(17(18,19)20)3-4-14(13)23;1-10-4-5-15(20)14(9-10)18-17(22)19-16(21)13-7-11(2)6-12(3)8-13;1-10-4-5-14(15(20)9-10)18-17(22)19-16(21)13-7-11(2)6-12(3)8-13;1-9-6-10(2)8-11(7-9)15(21)18-16(24)17-12-4-3-5-13(14(12)20)19(22)23/h5-8,22H,1-4H3,(H2,20,21,23,24);3-8,23H,1-2H3,(H2,21,22,24,25);2*4-9,20H,1-3H3,(H2,18,19,21,22);3-8,20H,1-2H3,(H2,17,18,21,24). The molecule has 0 saturated heterocycles. The number of nitrogens with zero attached hydrogens (tertiary/aromatic N) is 1. The van der Waals surface area contributed by atoms with Crippen LogP contribution in [-0.4, -0.2) is 85.6 Å². The Balaban J connectivity index is 0.000000227. The Hall–Kier alpha value is -12.3. The van der Waals surface area contributed by atoms with Gasteiger partial charge in [-0.15, -0.1) is 0 Å². The van der Waals surface area contributed by atoms with Crippen molar-refractivity contribution in [2.75, 3.05) is 26.6 Å². The van der Waals surface area contributed by atoms with Crippen LogP contribution in [0.5, 0.6) is 28.7 Å². The van der Waals surface area contributed by atoms with Crippen molar-refractivity contribution in [3.8, 4) is 28.7 Å². The predicted molar refractivity (Wildman–Crippen MR) is 477 cm³/mol. The van der Waals surface area contributed by atoms with Crippen molar-refractivity contribution in [3.05, 3.63) is 296 Å². The minimum absolute atomic E-state index is 0.0370. The maximum absolute atomic E-state index is 12.7. The monoisotopic (exact) mass is 1750 g/mol. The predicted octanol–water partition coefficient (Wildman–Crippen LogP) is 18.6. The summed E-state index contributed by atoms with van der Waals surface area (Å²) in [5.74, 6) is -2.50. The quantitative estimate of drug-likeness (QED) is 0.0247. The van der Waals surface area contributed by atoms with Crippen molar-refractivity contribution in [2.24, 2.45) is 0 Å². The lowest BCUT2D eigenvalue weighted by atomic mass is 10.1. The van der Waals surface area contributed by atoms with E-state index in [0.717, 1.165) is 101 Å². The summed E-state index contributed by atoms with van der Waals surface area (Å²) < 4.78 is 39.1. The number of phenolic OH excluding ortho intramolecular Hbond substituents is 5. The number of phenols is 5. The molecule has 15 N–H and O–H groups in total. The molecular weight excluding hydrogens is 1660 g/mol. The second-order valence-electron chi connectivity index (χ2n) is 27.2. The summed E-state index contributed by atoms with van der Waals surface area (Å²) in [4.78, 5) is 71.2. The molecule has 0 aliphatic rings. The van der Waals surface area contributed by atoms with Gasteiger partial charge in [-0.1, -0.05) is 120 Å². The number of carbonyl (C=O) groups is 5. The fourth-order valence-corrected chi connectivity index (χ4v) is 12.7. The van der Waals surface area contributed by atoms with Gasteiger partial charge in [-0.25, -0.2) is 0 Å². The zero-order valence-electron chi connectivity index (χ0n) is 65.8. The maximum atomic E-state index is 12.7. The summed E-state index contributed by atoms with van der Waals surface area (Å²) in [6, 6.07) is 45.7. The van der Waals surface area contributed by atoms with Gasteiger partial charge in [-0.3, -0.25) is 60.7 Å². The molecule has 23 nitrogen and oxygen atoms in total. The highest BCUT2D eigenvalue weighted by Gasteiger charge is 2.31. The van der Waals surface area contributed by atoms with Crippen molar-refractivity contribution in [3.63, 3.8) is 0 Å². The molecule has 32 heteroatoms. The molecule has 0 aromatic heterocycles. The number of halogens is 4. The highest BCUT2D eigenvalue weighted by atomic mass is 79.9. The van der Waals surface area contributed by atoms with Crippen molar-refractivity contribution in [1.29, 1.82) is 0 Å². The molecule has 5 amide bonds. The van der Waals surface area contributed by atoms with Crippen LogP contribution in [0.15, 0.2) is 174 Å². The summed E-state index contributed by atoms with van der Waals surface area (Å²) in [6.07, 6.45) is -4.56. The second kappa shape index (κ2) is 42.3. The highest BCUT2D eigenvalue weighted by molar-refractivity contribution is 9.10. The van der Waals surface area contributed by atoms with E-state index in [4.69, 9.17) is 61.1 Å². The van der Waals surface area contributed by atoms with Crippen LogP contribution in [-0.2, 0) is 6.18 Å². The van der Waals surface area contributed by atoms with Gasteiger partial charge in [0.2, 0.25) is 5.75 Å². The third-order valence-corrected chi connectivity index (χ3v) is 18.5. The minimum Gasteiger partial charge on any atom is -0.506 e. The van der Waals surface area contributed by atoms with Crippen LogP contribution in [0.25, 0.3) is 0 Å². The molecule has 0 fully saturated rings. The number of anilines is 5. The summed E-state index contributed by atoms with van der Waals surface area (Å²) in [5, 5.41) is 86.4. The summed E-state index contributed by atoms with van der Waals surface area (Å²) in [7, 11) is 0. The molecule has 0 atom stereocenters. The molecule has 0 saturated carbocycles. The second-order valence-corrected chi connectivity index (χ2v) is 30.0. The van der Waals surface area contributed by atoms with Gasteiger partial charge in [0.1, 0.15) is 23.0 Å². The average Bonchev–Trinajstić information content (AvgIpc) is 0.820. The number of aromatic hydroxyl groups is 5. The number of hydrogen-bond acceptors (Lipinski definition) is 17. The van der Waals surface area contributed by atoms with Gasteiger partial charge >= 0.3 is 11.9 Å². The molecule has 0 radical (unpaired) electrons. The summed E-state index contributed by atoms with van der Waals surface area (Å²) in [5.41, 5.74) is 15.6. The van der Waals surface area contributed by atoms with Gasteiger partial charge in [0.25, 0.3) is 29.5 Å². The van der Waals surface area contributed by atoms with Crippen LogP contribution < -0.4 is 53.2 Å². The van der Waals surface area contributed by atoms with Crippen molar-refractivity contribution in [1.82, 2.24) is 26.6 Å². The van der Waals surface area contributed by atoms with Gasteiger partial charge in [-0.2, -0.15) is 13.2 Å². The number of amides is 5. The highest BCUT2D eigenvalue weighted by Crippen LogP contribution is 2.38. The molecular formula is C85H85BrF3N11O12S5. The number of hydrogen-bond donors (Lipinski definition) is 15. The molecule has 0 spiro atoms. The molecule has 0 aliphatic carbocycles. The maximum Gasteiger partial charge on any atom is 0.416 e. The van der Waals surface area contributed by atoms with Gasteiger partial charge in [0.15, 0.2) is 25.6 Å². The zero-order chi connectivity index (χ0) is 87.2. The van der Waals surface area contributed by atoms with Crippen LogP contribution in [0, 0.1) is 107 Å². The first kappa shape index (κ1) is 93.5. The molecule has 0 heterocycles. The average molecular weight is 1750 g/mol. The van der Waals surface area contributed by atoms with Crippen molar-refractivity contribution >= 4 is 166 Å². The lowest BCUT2D eigenvalue weighted by molar-refractivity contribution is -0.385. The molecule has 10 aromatic rings. The molecule has 10 rings (SSSR count). The molecule has 117 heavy (non-hydrogen) atoms. The number of rotatable bonds is 11. The Morgan fingerprint density at radius 2 is 0.658 bits per heavy atom. The summed E-state index contributed by atoms with van der Waals surface area (Å²) >= 11 is 28.9. The molecule has 0 bridgehead atoms. The Morgan fingerprint density at radius 1 is 0.350 bits per heavy atom. The number of alkyl halides is 3. The van der Waals surface area contributed by atoms with Crippen LogP contribution in [0.3, 0.4) is 0 Å². The lowest BCUT2D eigenvalue weighted by Crippen LogP contribution is -2.34. The number of aryl methyl sites for hydroxylation is 13. The van der Waals surface area contributed by atoms with E-state index in [1.54, 1.807) is 97.1 Å². The van der Waals surface area contributed by atoms with E-state index in [1.165, 1.54) is 12.1 Å². The molecule has 0 unspecified atom stereocenters. The first-order valence-electron chi connectivity index (χ1n) is 35.2. The van der Waals surface area contributed by atoms with Crippen molar-refractivity contribution < 1.29 is 67.6 Å². The van der Waals surface area contributed by atoms with Crippen LogP contribution in [0.4, 0.5) is 47.3 Å². The Labute approximate surface area is 709 Å². The third-order valence-electron chi connectivity index (χ3n) is 16.3. The van der Waals surface area contributed by atoms with Gasteiger partial charge in [0, 0.05) is 38.4 Å². The Bertz CT molecular complexity index is 5450. The Morgan fingerprint density at radius 3 is 1.00 bits per heavy atom. The largest absolute Gasteiger partial charge is 0.506 e. The summed E-state index contributed by atoms with van der Waals surface area (Å²) in [6.45, 7) is 26.6. The van der Waals surface area contributed by atoms with Gasteiger partial charge in [0.05, 0.1) is 38.9 Å². The SMILES string of the molecule is Cc1cc(C)cc(C(=O)NC(=S)Nc2c(O)cc(C)c(Br)c2C)c1.Cc1cc(C)cc(C(=O)NC(=S)Nc2cc(C(F)(F)F)ccc2O)c1.Cc1cc(C)cc(C(=O)NC(=S)Nc2cc(C)ccc2O)c1.Cc1cc(C)cc(C(=O)NC(=S)Nc2ccc(C)cc2O)c1.Cc1cc(C)cc(C(=O)NC(=S)Nc2cccc([N+](=O)[O-])c2O)c1.